The fraction of sp³-hybridized carbons (Fsp3) is 0.143. The average Bonchev–Trinajstić information content (AvgIpc) is 2.03. The third-order valence-electron chi connectivity index (χ3n) is 1.30. The minimum absolute atomic E-state index is 0.0573. The fourth-order valence-corrected chi connectivity index (χ4v) is 0.955. The molecule has 0 saturated carbocycles. The number of nitrogens with two attached hydrogens (primary N) is 1. The second-order valence-electron chi connectivity index (χ2n) is 2.06. The van der Waals surface area contributed by atoms with Gasteiger partial charge in [-0.1, -0.05) is 11.6 Å². The molecule has 0 aliphatic heterocycles. The topological polar surface area (TPSA) is 65.2 Å². The summed E-state index contributed by atoms with van der Waals surface area (Å²) in [4.78, 5) is 14.4. The number of aromatic nitrogens is 1. The third kappa shape index (κ3) is 1.65. The highest BCUT2D eigenvalue weighted by Gasteiger charge is 2.07. The van der Waals surface area contributed by atoms with E-state index in [1.54, 1.807) is 0 Å². The van der Waals surface area contributed by atoms with E-state index in [0.29, 0.717) is 5.88 Å². The molecule has 0 aromatic carbocycles. The number of ether oxygens (including phenoxy) is 1. The Kier molecular flexibility index (Phi) is 2.50. The van der Waals surface area contributed by atoms with Crippen LogP contribution >= 0.6 is 11.6 Å². The van der Waals surface area contributed by atoms with E-state index in [1.165, 1.54) is 19.2 Å². The van der Waals surface area contributed by atoms with Crippen LogP contribution in [0.2, 0.25) is 5.15 Å². The van der Waals surface area contributed by atoms with Crippen molar-refractivity contribution < 1.29 is 9.53 Å². The number of carbonyl (C=O) groups excluding carboxylic acids is 1. The van der Waals surface area contributed by atoms with Crippen molar-refractivity contribution in [2.75, 3.05) is 7.11 Å². The number of methoxy groups -OCH3 is 1. The zero-order chi connectivity index (χ0) is 9.14. The quantitative estimate of drug-likeness (QED) is 0.697. The van der Waals surface area contributed by atoms with Crippen LogP contribution in [-0.2, 0) is 0 Å². The van der Waals surface area contributed by atoms with Crippen LogP contribution in [0.3, 0.4) is 0 Å². The second kappa shape index (κ2) is 3.40. The van der Waals surface area contributed by atoms with E-state index in [0.717, 1.165) is 0 Å². The van der Waals surface area contributed by atoms with Crippen molar-refractivity contribution >= 4 is 17.5 Å². The lowest BCUT2D eigenvalue weighted by Gasteiger charge is -2.01. The summed E-state index contributed by atoms with van der Waals surface area (Å²) in [5.74, 6) is -0.250. The molecular formula is C7H7ClN2O2. The van der Waals surface area contributed by atoms with Crippen molar-refractivity contribution in [1.82, 2.24) is 4.98 Å². The van der Waals surface area contributed by atoms with E-state index in [1.807, 2.05) is 0 Å². The Morgan fingerprint density at radius 2 is 2.33 bits per heavy atom. The Morgan fingerprint density at radius 3 is 2.75 bits per heavy atom. The summed E-state index contributed by atoms with van der Waals surface area (Å²) in [5.41, 5.74) is 5.19. The van der Waals surface area contributed by atoms with Crippen LogP contribution in [-0.4, -0.2) is 18.0 Å². The Morgan fingerprint density at radius 1 is 1.67 bits per heavy atom. The third-order valence-corrected chi connectivity index (χ3v) is 1.59. The predicted octanol–water partition coefficient (Wildman–Crippen LogP) is 0.843. The number of hydrogen-bond donors (Lipinski definition) is 1. The number of carbonyl (C=O) groups is 1. The Balaban J connectivity index is 3.12. The van der Waals surface area contributed by atoms with Crippen LogP contribution in [0.5, 0.6) is 5.88 Å². The molecule has 64 valence electrons. The minimum atomic E-state index is -0.602. The van der Waals surface area contributed by atoms with E-state index in [-0.39, 0.29) is 10.7 Å². The molecule has 1 aromatic heterocycles. The van der Waals surface area contributed by atoms with Crippen LogP contribution < -0.4 is 10.5 Å². The molecule has 2 N–H and O–H groups in total. The molecule has 12 heavy (non-hydrogen) atoms. The fourth-order valence-electron chi connectivity index (χ4n) is 0.715. The molecule has 1 rings (SSSR count). The minimum Gasteiger partial charge on any atom is -0.481 e. The van der Waals surface area contributed by atoms with Gasteiger partial charge in [0.15, 0.2) is 0 Å². The van der Waals surface area contributed by atoms with Gasteiger partial charge in [-0.15, -0.1) is 0 Å². The molecule has 0 atom stereocenters. The molecule has 5 heteroatoms. The van der Waals surface area contributed by atoms with Gasteiger partial charge in [-0.3, -0.25) is 4.79 Å². The van der Waals surface area contributed by atoms with Crippen molar-refractivity contribution in [3.63, 3.8) is 0 Å². The van der Waals surface area contributed by atoms with E-state index >= 15 is 0 Å². The first kappa shape index (κ1) is 8.80. The highest BCUT2D eigenvalue weighted by molar-refractivity contribution is 6.32. The van der Waals surface area contributed by atoms with Crippen LogP contribution in [0.25, 0.3) is 0 Å². The van der Waals surface area contributed by atoms with E-state index < -0.39 is 5.91 Å². The van der Waals surface area contributed by atoms with Gasteiger partial charge in [0, 0.05) is 6.07 Å². The van der Waals surface area contributed by atoms with Crippen LogP contribution in [0, 0.1) is 0 Å². The Hall–Kier alpha value is -1.29. The second-order valence-corrected chi connectivity index (χ2v) is 2.41. The largest absolute Gasteiger partial charge is 0.481 e. The molecule has 0 fully saturated rings. The lowest BCUT2D eigenvalue weighted by molar-refractivity contribution is 0.1000. The van der Waals surface area contributed by atoms with Crippen molar-refractivity contribution in [2.45, 2.75) is 0 Å². The van der Waals surface area contributed by atoms with Gasteiger partial charge in [-0.25, -0.2) is 4.98 Å². The first-order valence-corrected chi connectivity index (χ1v) is 3.53. The Bertz CT molecular complexity index is 314. The highest BCUT2D eigenvalue weighted by Crippen LogP contribution is 2.16. The number of halogens is 1. The standard InChI is InChI=1S/C7H7ClN2O2/c1-12-5-3-2-4(7(9)11)6(8)10-5/h2-3H,1H3,(H2,9,11). The van der Waals surface area contributed by atoms with Crippen molar-refractivity contribution in [3.8, 4) is 5.88 Å². The lowest BCUT2D eigenvalue weighted by Crippen LogP contribution is -2.12. The van der Waals surface area contributed by atoms with Gasteiger partial charge in [0.2, 0.25) is 5.88 Å². The maximum atomic E-state index is 10.7. The van der Waals surface area contributed by atoms with Gasteiger partial charge in [0.05, 0.1) is 12.7 Å². The van der Waals surface area contributed by atoms with E-state index in [4.69, 9.17) is 22.1 Å². The predicted molar refractivity (Wildman–Crippen MR) is 44.3 cm³/mol. The molecule has 1 amide bonds. The van der Waals surface area contributed by atoms with E-state index in [2.05, 4.69) is 4.98 Å². The smallest absolute Gasteiger partial charge is 0.251 e. The van der Waals surface area contributed by atoms with Crippen molar-refractivity contribution in [1.29, 1.82) is 0 Å². The molecule has 1 heterocycles. The summed E-state index contributed by atoms with van der Waals surface area (Å²) in [7, 11) is 1.46. The molecule has 0 unspecified atom stereocenters. The SMILES string of the molecule is COc1ccc(C(N)=O)c(Cl)n1. The molecular weight excluding hydrogens is 180 g/mol. The van der Waals surface area contributed by atoms with Gasteiger partial charge < -0.3 is 10.5 Å². The lowest BCUT2D eigenvalue weighted by atomic mass is 10.3. The summed E-state index contributed by atoms with van der Waals surface area (Å²) in [6, 6.07) is 2.99. The van der Waals surface area contributed by atoms with Crippen molar-refractivity contribution in [3.05, 3.63) is 22.8 Å². The first-order chi connectivity index (χ1) is 5.65. The maximum Gasteiger partial charge on any atom is 0.251 e. The molecule has 0 spiro atoms. The molecule has 0 aliphatic carbocycles. The molecule has 4 nitrogen and oxygen atoms in total. The van der Waals surface area contributed by atoms with Gasteiger partial charge in [-0.2, -0.15) is 0 Å². The number of rotatable bonds is 2. The number of hydrogen-bond acceptors (Lipinski definition) is 3. The Labute approximate surface area is 74.3 Å². The van der Waals surface area contributed by atoms with Crippen LogP contribution in [0.15, 0.2) is 12.1 Å². The summed E-state index contributed by atoms with van der Waals surface area (Å²) in [6.07, 6.45) is 0. The summed E-state index contributed by atoms with van der Waals surface area (Å²) in [6.45, 7) is 0. The number of pyridine rings is 1. The molecule has 0 aliphatic rings. The monoisotopic (exact) mass is 186 g/mol. The summed E-state index contributed by atoms with van der Waals surface area (Å²) >= 11 is 5.61. The maximum absolute atomic E-state index is 10.7. The zero-order valence-electron chi connectivity index (χ0n) is 6.37. The van der Waals surface area contributed by atoms with Gasteiger partial charge in [0.25, 0.3) is 5.91 Å². The summed E-state index contributed by atoms with van der Waals surface area (Å²) < 4.78 is 4.78. The molecule has 0 bridgehead atoms. The van der Waals surface area contributed by atoms with Crippen LogP contribution in [0.4, 0.5) is 0 Å². The average molecular weight is 187 g/mol. The normalized spacial score (nSPS) is 9.50. The first-order valence-electron chi connectivity index (χ1n) is 3.15. The van der Waals surface area contributed by atoms with Crippen molar-refractivity contribution in [2.24, 2.45) is 5.73 Å². The summed E-state index contributed by atoms with van der Waals surface area (Å²) in [5, 5.41) is 0.0573. The zero-order valence-corrected chi connectivity index (χ0v) is 7.13. The highest BCUT2D eigenvalue weighted by atomic mass is 35.5. The van der Waals surface area contributed by atoms with Gasteiger partial charge in [0.1, 0.15) is 5.15 Å². The van der Waals surface area contributed by atoms with Gasteiger partial charge in [-0.05, 0) is 6.07 Å². The molecule has 1 aromatic rings. The van der Waals surface area contributed by atoms with Crippen LogP contribution in [0.1, 0.15) is 10.4 Å². The number of amides is 1. The van der Waals surface area contributed by atoms with E-state index in [9.17, 15) is 4.79 Å². The molecule has 0 saturated heterocycles. The number of nitrogens with zero attached hydrogens (tertiary/aromatic N) is 1. The van der Waals surface area contributed by atoms with Gasteiger partial charge >= 0.3 is 0 Å². The molecule has 0 radical (unpaired) electrons. The number of primary amides is 1.